The van der Waals surface area contributed by atoms with Gasteiger partial charge in [0.1, 0.15) is 5.75 Å². The Balaban J connectivity index is 2.42. The smallest absolute Gasteiger partial charge is 0.308 e. The second-order valence-electron chi connectivity index (χ2n) is 7.64. The minimum Gasteiger partial charge on any atom is -0.426 e. The molecule has 1 atom stereocenters. The van der Waals surface area contributed by atoms with Crippen LogP contribution in [0.2, 0.25) is 0 Å². The molecule has 0 saturated heterocycles. The topological polar surface area (TPSA) is 29.5 Å². The normalized spacial score (nSPS) is 12.6. The molecule has 1 radical (unpaired) electrons. The zero-order valence-electron chi connectivity index (χ0n) is 17.2. The van der Waals surface area contributed by atoms with Crippen molar-refractivity contribution in [3.63, 3.8) is 0 Å². The van der Waals surface area contributed by atoms with Crippen molar-refractivity contribution >= 4 is 5.97 Å². The molecule has 3 heteroatoms. The molecule has 0 aliphatic carbocycles. The van der Waals surface area contributed by atoms with Gasteiger partial charge in [0, 0.05) is 30.5 Å². The molecule has 0 amide bonds. The van der Waals surface area contributed by atoms with Crippen molar-refractivity contribution in [2.45, 2.75) is 59.0 Å². The van der Waals surface area contributed by atoms with E-state index in [0.29, 0.717) is 17.8 Å². The number of esters is 1. The zero-order valence-corrected chi connectivity index (χ0v) is 17.2. The van der Waals surface area contributed by atoms with E-state index in [9.17, 15) is 4.79 Å². The Bertz CT molecular complexity index is 729. The predicted octanol–water partition coefficient (Wildman–Crippen LogP) is 5.43. The van der Waals surface area contributed by atoms with Gasteiger partial charge in [0.25, 0.3) is 0 Å². The van der Waals surface area contributed by atoms with Crippen molar-refractivity contribution < 1.29 is 9.53 Å². The largest absolute Gasteiger partial charge is 0.426 e. The molecule has 0 fully saturated rings. The van der Waals surface area contributed by atoms with Crippen molar-refractivity contribution in [3.8, 4) is 5.75 Å². The highest BCUT2D eigenvalue weighted by molar-refractivity contribution is 5.70. The summed E-state index contributed by atoms with van der Waals surface area (Å²) in [5.74, 6) is 0.470. The van der Waals surface area contributed by atoms with Gasteiger partial charge in [-0.15, -0.1) is 0 Å². The first kappa shape index (κ1) is 21.2. The van der Waals surface area contributed by atoms with Crippen LogP contribution in [0, 0.1) is 6.92 Å². The van der Waals surface area contributed by atoms with Crippen LogP contribution in [0.15, 0.2) is 48.5 Å². The van der Waals surface area contributed by atoms with Crippen LogP contribution in [0.3, 0.4) is 0 Å². The quantitative estimate of drug-likeness (QED) is 0.460. The maximum absolute atomic E-state index is 11.6. The first-order valence-electron chi connectivity index (χ1n) is 9.74. The van der Waals surface area contributed by atoms with E-state index in [1.165, 1.54) is 12.5 Å². The van der Waals surface area contributed by atoms with Crippen LogP contribution in [-0.4, -0.2) is 29.5 Å². The van der Waals surface area contributed by atoms with Crippen LogP contribution in [0.4, 0.5) is 0 Å². The van der Waals surface area contributed by atoms with Gasteiger partial charge in [0.2, 0.25) is 0 Å². The molecule has 0 heterocycles. The predicted molar refractivity (Wildman–Crippen MR) is 112 cm³/mol. The lowest BCUT2D eigenvalue weighted by Gasteiger charge is -2.32. The Hall–Kier alpha value is -2.13. The van der Waals surface area contributed by atoms with E-state index in [2.05, 4.69) is 63.8 Å². The molecule has 0 spiro atoms. The monoisotopic (exact) mass is 366 g/mol. The van der Waals surface area contributed by atoms with Crippen LogP contribution >= 0.6 is 0 Å². The second-order valence-corrected chi connectivity index (χ2v) is 7.64. The molecule has 2 rings (SSSR count). The first-order valence-corrected chi connectivity index (χ1v) is 9.74. The van der Waals surface area contributed by atoms with Gasteiger partial charge in [-0.05, 0) is 64.8 Å². The summed E-state index contributed by atoms with van der Waals surface area (Å²) >= 11 is 0. The minimum absolute atomic E-state index is 0.141. The SMILES string of the molecule is [CH2]c1ccc(OC(C)=O)c(C(CCN(C(C)C)C(C)C)c2ccccc2)c1. The van der Waals surface area contributed by atoms with Gasteiger partial charge >= 0.3 is 5.97 Å². The first-order chi connectivity index (χ1) is 12.8. The number of benzene rings is 2. The third-order valence-electron chi connectivity index (χ3n) is 4.91. The molecule has 2 aromatic carbocycles. The lowest BCUT2D eigenvalue weighted by atomic mass is 9.86. The second kappa shape index (κ2) is 9.70. The molecule has 145 valence electrons. The van der Waals surface area contributed by atoms with Crippen LogP contribution in [0.1, 0.15) is 63.6 Å². The third-order valence-corrected chi connectivity index (χ3v) is 4.91. The number of hydrogen-bond acceptors (Lipinski definition) is 3. The van der Waals surface area contributed by atoms with E-state index in [-0.39, 0.29) is 11.9 Å². The number of hydrogen-bond donors (Lipinski definition) is 0. The van der Waals surface area contributed by atoms with Gasteiger partial charge < -0.3 is 4.74 Å². The van der Waals surface area contributed by atoms with E-state index in [0.717, 1.165) is 24.1 Å². The highest BCUT2D eigenvalue weighted by atomic mass is 16.5. The highest BCUT2D eigenvalue weighted by Crippen LogP contribution is 2.35. The summed E-state index contributed by atoms with van der Waals surface area (Å²) in [4.78, 5) is 14.1. The molecule has 0 bridgehead atoms. The number of carbonyl (C=O) groups excluding carboxylic acids is 1. The maximum atomic E-state index is 11.6. The van der Waals surface area contributed by atoms with Crippen molar-refractivity contribution in [1.29, 1.82) is 0 Å². The molecule has 0 aromatic heterocycles. The summed E-state index contributed by atoms with van der Waals surface area (Å²) in [6, 6.07) is 17.2. The van der Waals surface area contributed by atoms with Gasteiger partial charge in [-0.25, -0.2) is 0 Å². The minimum atomic E-state index is -0.300. The fourth-order valence-electron chi connectivity index (χ4n) is 3.70. The van der Waals surface area contributed by atoms with Crippen molar-refractivity contribution in [3.05, 3.63) is 72.1 Å². The Morgan fingerprint density at radius 3 is 2.22 bits per heavy atom. The van der Waals surface area contributed by atoms with E-state index in [1.54, 1.807) is 0 Å². The molecule has 2 aromatic rings. The van der Waals surface area contributed by atoms with E-state index in [1.807, 2.05) is 24.3 Å². The van der Waals surface area contributed by atoms with Crippen molar-refractivity contribution in [1.82, 2.24) is 4.90 Å². The van der Waals surface area contributed by atoms with Gasteiger partial charge in [0.15, 0.2) is 0 Å². The fourth-order valence-corrected chi connectivity index (χ4v) is 3.70. The molecule has 1 unspecified atom stereocenters. The molecular weight excluding hydrogens is 334 g/mol. The zero-order chi connectivity index (χ0) is 20.0. The van der Waals surface area contributed by atoms with Crippen molar-refractivity contribution in [2.75, 3.05) is 6.54 Å². The molecule has 0 aliphatic heterocycles. The Morgan fingerprint density at radius 2 is 1.67 bits per heavy atom. The summed E-state index contributed by atoms with van der Waals surface area (Å²) in [6.45, 7) is 15.4. The lowest BCUT2D eigenvalue weighted by molar-refractivity contribution is -0.131. The van der Waals surface area contributed by atoms with Crippen LogP contribution in [-0.2, 0) is 4.79 Å². The van der Waals surface area contributed by atoms with E-state index >= 15 is 0 Å². The van der Waals surface area contributed by atoms with Gasteiger partial charge in [-0.3, -0.25) is 9.69 Å². The van der Waals surface area contributed by atoms with Crippen LogP contribution < -0.4 is 4.74 Å². The lowest BCUT2D eigenvalue weighted by Crippen LogP contribution is -2.38. The van der Waals surface area contributed by atoms with E-state index < -0.39 is 0 Å². The van der Waals surface area contributed by atoms with Gasteiger partial charge in [-0.1, -0.05) is 42.5 Å². The molecule has 0 saturated carbocycles. The Kier molecular flexibility index (Phi) is 7.61. The van der Waals surface area contributed by atoms with Gasteiger partial charge in [-0.2, -0.15) is 0 Å². The third kappa shape index (κ3) is 5.93. The molecule has 0 aliphatic rings. The molecular formula is C24H32NO2. The summed E-state index contributed by atoms with van der Waals surface area (Å²) < 4.78 is 5.52. The Morgan fingerprint density at radius 1 is 1.04 bits per heavy atom. The highest BCUT2D eigenvalue weighted by Gasteiger charge is 2.22. The average Bonchev–Trinajstić information content (AvgIpc) is 2.60. The standard InChI is InChI=1S/C24H32NO2/c1-17(2)25(18(3)4)15-14-22(21-10-8-7-9-11-21)23-16-19(5)12-13-24(23)27-20(6)26/h7-13,16-18,22H,5,14-15H2,1-4,6H3. The number of ether oxygens (including phenoxy) is 1. The number of nitrogens with zero attached hydrogens (tertiary/aromatic N) is 1. The molecule has 3 nitrogen and oxygen atoms in total. The molecule has 27 heavy (non-hydrogen) atoms. The Labute approximate surface area is 164 Å². The number of carbonyl (C=O) groups is 1. The van der Waals surface area contributed by atoms with E-state index in [4.69, 9.17) is 4.74 Å². The van der Waals surface area contributed by atoms with Gasteiger partial charge in [0.05, 0.1) is 0 Å². The summed E-state index contributed by atoms with van der Waals surface area (Å²) in [6.07, 6.45) is 0.943. The summed E-state index contributed by atoms with van der Waals surface area (Å²) in [7, 11) is 0. The molecule has 0 N–H and O–H groups in total. The summed E-state index contributed by atoms with van der Waals surface area (Å²) in [5.41, 5.74) is 3.17. The summed E-state index contributed by atoms with van der Waals surface area (Å²) in [5, 5.41) is 0. The van der Waals surface area contributed by atoms with Crippen molar-refractivity contribution in [2.24, 2.45) is 0 Å². The van der Waals surface area contributed by atoms with Crippen LogP contribution in [0.5, 0.6) is 5.75 Å². The maximum Gasteiger partial charge on any atom is 0.308 e. The fraction of sp³-hybridized carbons (Fsp3) is 0.417. The van der Waals surface area contributed by atoms with Crippen LogP contribution in [0.25, 0.3) is 0 Å². The average molecular weight is 367 g/mol. The number of rotatable bonds is 8.